The molecule has 4 bridgehead atoms. The molecule has 0 aromatic carbocycles. The molecule has 4 saturated carbocycles. The molecule has 2 heteroatoms. The normalized spacial score (nSPS) is 47.5. The summed E-state index contributed by atoms with van der Waals surface area (Å²) in [7, 11) is 0. The zero-order valence-corrected chi connectivity index (χ0v) is 11.6. The largest absolute Gasteiger partial charge is 0.481 e. The maximum absolute atomic E-state index is 10.9. The molecule has 1 atom stereocenters. The third-order valence-electron chi connectivity index (χ3n) is 6.38. The summed E-state index contributed by atoms with van der Waals surface area (Å²) >= 11 is 0. The van der Waals surface area contributed by atoms with Gasteiger partial charge in [0, 0.05) is 0 Å². The quantitative estimate of drug-likeness (QED) is 0.778. The number of hydrogen-bond acceptors (Lipinski definition) is 1. The maximum atomic E-state index is 10.9. The molecule has 5 aliphatic carbocycles. The van der Waals surface area contributed by atoms with E-state index < -0.39 is 5.97 Å². The van der Waals surface area contributed by atoms with Gasteiger partial charge >= 0.3 is 5.97 Å². The number of carboxylic acid groups (broad SMARTS) is 1. The monoisotopic (exact) mass is 260 g/mol. The fourth-order valence-electron chi connectivity index (χ4n) is 6.12. The molecule has 5 rings (SSSR count). The highest BCUT2D eigenvalue weighted by Gasteiger charge is 2.52. The van der Waals surface area contributed by atoms with Crippen LogP contribution in [0.1, 0.15) is 57.8 Å². The smallest absolute Gasteiger partial charge is 0.303 e. The molecule has 0 heterocycles. The zero-order valence-electron chi connectivity index (χ0n) is 11.6. The predicted molar refractivity (Wildman–Crippen MR) is 73.7 cm³/mol. The molecular formula is C17H24O2. The summed E-state index contributed by atoms with van der Waals surface area (Å²) < 4.78 is 0. The summed E-state index contributed by atoms with van der Waals surface area (Å²) in [6.07, 6.45) is 13.7. The van der Waals surface area contributed by atoms with Crippen LogP contribution in [-0.2, 0) is 4.79 Å². The highest BCUT2D eigenvalue weighted by Crippen LogP contribution is 2.64. The van der Waals surface area contributed by atoms with E-state index in [0.29, 0.717) is 17.8 Å². The molecule has 4 fully saturated rings. The van der Waals surface area contributed by atoms with Crippen molar-refractivity contribution in [2.75, 3.05) is 0 Å². The van der Waals surface area contributed by atoms with Crippen molar-refractivity contribution < 1.29 is 9.90 Å². The molecule has 0 amide bonds. The Bertz CT molecular complexity index is 399. The van der Waals surface area contributed by atoms with E-state index in [4.69, 9.17) is 5.11 Å². The molecule has 0 saturated heterocycles. The molecule has 5 aliphatic rings. The third-order valence-corrected chi connectivity index (χ3v) is 6.38. The molecule has 0 spiro atoms. The minimum absolute atomic E-state index is 0.320. The van der Waals surface area contributed by atoms with Crippen LogP contribution in [0.2, 0.25) is 0 Å². The van der Waals surface area contributed by atoms with Crippen LogP contribution in [0.3, 0.4) is 0 Å². The molecule has 0 radical (unpaired) electrons. The van der Waals surface area contributed by atoms with Crippen molar-refractivity contribution in [3.05, 3.63) is 11.6 Å². The van der Waals surface area contributed by atoms with Crippen molar-refractivity contribution in [1.82, 2.24) is 0 Å². The van der Waals surface area contributed by atoms with Gasteiger partial charge in [-0.25, -0.2) is 0 Å². The maximum Gasteiger partial charge on any atom is 0.303 e. The van der Waals surface area contributed by atoms with E-state index in [9.17, 15) is 4.79 Å². The van der Waals surface area contributed by atoms with Crippen molar-refractivity contribution in [2.45, 2.75) is 57.8 Å². The molecular weight excluding hydrogens is 236 g/mol. The Labute approximate surface area is 115 Å². The van der Waals surface area contributed by atoms with E-state index in [1.165, 1.54) is 44.9 Å². The minimum atomic E-state index is -0.631. The van der Waals surface area contributed by atoms with E-state index in [1.54, 1.807) is 5.57 Å². The van der Waals surface area contributed by atoms with Crippen LogP contribution in [0, 0.1) is 29.1 Å². The van der Waals surface area contributed by atoms with E-state index in [0.717, 1.165) is 24.2 Å². The molecule has 0 aromatic heterocycles. The van der Waals surface area contributed by atoms with Gasteiger partial charge in [-0.2, -0.15) is 0 Å². The Morgan fingerprint density at radius 1 is 1.16 bits per heavy atom. The fourth-order valence-corrected chi connectivity index (χ4v) is 6.12. The van der Waals surface area contributed by atoms with E-state index in [1.807, 2.05) is 0 Å². The number of carbonyl (C=O) groups is 1. The van der Waals surface area contributed by atoms with Crippen LogP contribution < -0.4 is 0 Å². The summed E-state index contributed by atoms with van der Waals surface area (Å²) in [4.78, 5) is 10.9. The van der Waals surface area contributed by atoms with E-state index in [-0.39, 0.29) is 0 Å². The lowest BCUT2D eigenvalue weighted by atomic mass is 9.47. The Morgan fingerprint density at radius 2 is 1.74 bits per heavy atom. The average molecular weight is 260 g/mol. The van der Waals surface area contributed by atoms with Crippen molar-refractivity contribution in [3.8, 4) is 0 Å². The lowest BCUT2D eigenvalue weighted by Gasteiger charge is -2.57. The van der Waals surface area contributed by atoms with Gasteiger partial charge in [-0.15, -0.1) is 0 Å². The molecule has 1 N–H and O–H groups in total. The summed E-state index contributed by atoms with van der Waals surface area (Å²) in [6, 6.07) is 0. The summed E-state index contributed by atoms with van der Waals surface area (Å²) in [5.74, 6) is 2.66. The number of allylic oxidation sites excluding steroid dienone is 2. The number of rotatable bonds is 3. The van der Waals surface area contributed by atoms with Crippen LogP contribution in [0.15, 0.2) is 11.6 Å². The van der Waals surface area contributed by atoms with Gasteiger partial charge in [0.15, 0.2) is 0 Å². The second kappa shape index (κ2) is 4.10. The summed E-state index contributed by atoms with van der Waals surface area (Å²) in [5.41, 5.74) is 2.18. The van der Waals surface area contributed by atoms with E-state index >= 15 is 0 Å². The van der Waals surface area contributed by atoms with Crippen LogP contribution in [-0.4, -0.2) is 11.1 Å². The summed E-state index contributed by atoms with van der Waals surface area (Å²) in [6.45, 7) is 0. The molecule has 104 valence electrons. The van der Waals surface area contributed by atoms with Crippen molar-refractivity contribution in [1.29, 1.82) is 0 Å². The van der Waals surface area contributed by atoms with Gasteiger partial charge in [0.25, 0.3) is 0 Å². The molecule has 2 nitrogen and oxygen atoms in total. The topological polar surface area (TPSA) is 37.3 Å². The first-order chi connectivity index (χ1) is 9.13. The number of aliphatic carboxylic acids is 1. The summed E-state index contributed by atoms with van der Waals surface area (Å²) in [5, 5.41) is 8.96. The van der Waals surface area contributed by atoms with Gasteiger partial charge in [-0.05, 0) is 80.5 Å². The van der Waals surface area contributed by atoms with Gasteiger partial charge in [0.1, 0.15) is 0 Å². The molecule has 0 aliphatic heterocycles. The predicted octanol–water partition coefficient (Wildman–Crippen LogP) is 4.01. The van der Waals surface area contributed by atoms with Gasteiger partial charge in [-0.1, -0.05) is 11.6 Å². The lowest BCUT2D eigenvalue weighted by Crippen LogP contribution is -2.46. The second-order valence-electron chi connectivity index (χ2n) is 7.79. The Kier molecular flexibility index (Phi) is 2.59. The molecule has 19 heavy (non-hydrogen) atoms. The highest BCUT2D eigenvalue weighted by molar-refractivity contribution is 5.67. The number of hydrogen-bond donors (Lipinski definition) is 1. The van der Waals surface area contributed by atoms with Crippen molar-refractivity contribution >= 4 is 5.97 Å². The zero-order chi connectivity index (χ0) is 13.0. The Morgan fingerprint density at radius 3 is 2.26 bits per heavy atom. The van der Waals surface area contributed by atoms with Crippen LogP contribution in [0.4, 0.5) is 0 Å². The first-order valence-electron chi connectivity index (χ1n) is 8.06. The van der Waals surface area contributed by atoms with E-state index in [2.05, 4.69) is 6.08 Å². The van der Waals surface area contributed by atoms with Gasteiger partial charge in [-0.3, -0.25) is 4.79 Å². The van der Waals surface area contributed by atoms with Crippen molar-refractivity contribution in [3.63, 3.8) is 0 Å². The molecule has 0 aromatic rings. The standard InChI is InChI=1S/C17H24O2/c18-16(19)7-11-1-2-15(6-11)17-8-12-3-13(9-17)5-14(4-12)10-17/h6,11-14H,1-5,7-10H2,(H,18,19). The fraction of sp³-hybridized carbons (Fsp3) is 0.824. The molecule has 1 unspecified atom stereocenters. The SMILES string of the molecule is O=C(O)CC1C=C(C23CC4CC(CC(C4)C2)C3)CC1. The Balaban J connectivity index is 1.57. The first-order valence-corrected chi connectivity index (χ1v) is 8.06. The van der Waals surface area contributed by atoms with Crippen molar-refractivity contribution in [2.24, 2.45) is 29.1 Å². The number of carboxylic acids is 1. The van der Waals surface area contributed by atoms with Crippen LogP contribution in [0.25, 0.3) is 0 Å². The van der Waals surface area contributed by atoms with Gasteiger partial charge < -0.3 is 5.11 Å². The third kappa shape index (κ3) is 1.95. The minimum Gasteiger partial charge on any atom is -0.481 e. The first kappa shape index (κ1) is 12.0. The average Bonchev–Trinajstić information content (AvgIpc) is 2.75. The van der Waals surface area contributed by atoms with Gasteiger partial charge in [0.2, 0.25) is 0 Å². The van der Waals surface area contributed by atoms with Crippen LogP contribution in [0.5, 0.6) is 0 Å². The lowest BCUT2D eigenvalue weighted by molar-refractivity contribution is -0.137. The van der Waals surface area contributed by atoms with Crippen LogP contribution >= 0.6 is 0 Å². The second-order valence-corrected chi connectivity index (χ2v) is 7.79. The Hall–Kier alpha value is -0.790. The van der Waals surface area contributed by atoms with Gasteiger partial charge in [0.05, 0.1) is 6.42 Å². The highest BCUT2D eigenvalue weighted by atomic mass is 16.4.